The van der Waals surface area contributed by atoms with Gasteiger partial charge in [-0.1, -0.05) is 15.9 Å². The van der Waals surface area contributed by atoms with Gasteiger partial charge in [0, 0.05) is 17.1 Å². The Morgan fingerprint density at radius 3 is 2.81 bits per heavy atom. The predicted molar refractivity (Wildman–Crippen MR) is 69.0 cm³/mol. The molecule has 90 valence electrons. The molecule has 1 atom stereocenters. The summed E-state index contributed by atoms with van der Waals surface area (Å²) in [7, 11) is 0. The maximum absolute atomic E-state index is 11.6. The van der Waals surface area contributed by atoms with E-state index in [-0.39, 0.29) is 35.7 Å². The molecule has 0 radical (unpaired) electrons. The number of phenols is 1. The number of rotatable bonds is 3. The van der Waals surface area contributed by atoms with Crippen LogP contribution in [0.4, 0.5) is 0 Å². The average Bonchev–Trinajstić information content (AvgIpc) is 2.21. The highest BCUT2D eigenvalue weighted by atomic mass is 79.9. The summed E-state index contributed by atoms with van der Waals surface area (Å²) in [4.78, 5) is 11.6. The van der Waals surface area contributed by atoms with Gasteiger partial charge in [-0.2, -0.15) is 0 Å². The highest BCUT2D eigenvalue weighted by Crippen LogP contribution is 2.21. The van der Waals surface area contributed by atoms with Gasteiger partial charge in [0.25, 0.3) is 5.91 Å². The summed E-state index contributed by atoms with van der Waals surface area (Å²) in [6.45, 7) is 2.16. The Bertz CT molecular complexity index is 374. The first-order chi connectivity index (χ1) is 7.04. The second-order valence-corrected chi connectivity index (χ2v) is 4.19. The standard InChI is InChI=1S/C10H13BrN2O2.ClH/c1-6(5-12)13-10(15)8-4-7(11)2-3-9(8)14;/h2-4,6,14H,5,12H2,1H3,(H,13,15);1H/t6-;/m0./s1. The van der Waals surface area contributed by atoms with Crippen molar-refractivity contribution in [3.63, 3.8) is 0 Å². The quantitative estimate of drug-likeness (QED) is 0.795. The van der Waals surface area contributed by atoms with Crippen molar-refractivity contribution in [3.8, 4) is 5.75 Å². The van der Waals surface area contributed by atoms with E-state index in [4.69, 9.17) is 5.73 Å². The van der Waals surface area contributed by atoms with Gasteiger partial charge in [-0.25, -0.2) is 0 Å². The van der Waals surface area contributed by atoms with Crippen LogP contribution >= 0.6 is 28.3 Å². The molecule has 0 aliphatic heterocycles. The Labute approximate surface area is 109 Å². The van der Waals surface area contributed by atoms with E-state index in [0.717, 1.165) is 4.47 Å². The third kappa shape index (κ3) is 4.00. The minimum Gasteiger partial charge on any atom is -0.507 e. The maximum atomic E-state index is 11.6. The Kier molecular flexibility index (Phi) is 6.40. The zero-order valence-electron chi connectivity index (χ0n) is 8.74. The van der Waals surface area contributed by atoms with Gasteiger partial charge in [0.1, 0.15) is 5.75 Å². The largest absolute Gasteiger partial charge is 0.507 e. The molecule has 0 fully saturated rings. The van der Waals surface area contributed by atoms with Crippen molar-refractivity contribution < 1.29 is 9.90 Å². The molecule has 16 heavy (non-hydrogen) atoms. The number of halogens is 2. The Morgan fingerprint density at radius 2 is 2.25 bits per heavy atom. The fourth-order valence-electron chi connectivity index (χ4n) is 1.05. The zero-order valence-corrected chi connectivity index (χ0v) is 11.1. The summed E-state index contributed by atoms with van der Waals surface area (Å²) in [5.41, 5.74) is 5.62. The molecule has 6 heteroatoms. The van der Waals surface area contributed by atoms with Crippen LogP contribution in [0.25, 0.3) is 0 Å². The van der Waals surface area contributed by atoms with Crippen molar-refractivity contribution in [2.75, 3.05) is 6.54 Å². The number of nitrogens with two attached hydrogens (primary N) is 1. The first kappa shape index (κ1) is 15.2. The zero-order chi connectivity index (χ0) is 11.4. The molecule has 1 rings (SSSR count). The lowest BCUT2D eigenvalue weighted by molar-refractivity contribution is 0.0938. The molecule has 0 aliphatic rings. The SMILES string of the molecule is C[C@@H](CN)NC(=O)c1cc(Br)ccc1O.Cl. The van der Waals surface area contributed by atoms with Crippen molar-refractivity contribution in [3.05, 3.63) is 28.2 Å². The highest BCUT2D eigenvalue weighted by molar-refractivity contribution is 9.10. The first-order valence-corrected chi connectivity index (χ1v) is 5.33. The predicted octanol–water partition coefficient (Wildman–Crippen LogP) is 1.65. The smallest absolute Gasteiger partial charge is 0.255 e. The average molecular weight is 310 g/mol. The second kappa shape index (κ2) is 6.73. The fourth-order valence-corrected chi connectivity index (χ4v) is 1.41. The van der Waals surface area contributed by atoms with E-state index < -0.39 is 0 Å². The molecule has 0 unspecified atom stereocenters. The van der Waals surface area contributed by atoms with Crippen LogP contribution in [0, 0.1) is 0 Å². The van der Waals surface area contributed by atoms with E-state index in [1.165, 1.54) is 6.07 Å². The number of hydrogen-bond acceptors (Lipinski definition) is 3. The first-order valence-electron chi connectivity index (χ1n) is 4.54. The molecule has 1 amide bonds. The summed E-state index contributed by atoms with van der Waals surface area (Å²) in [5, 5.41) is 12.1. The molecule has 0 spiro atoms. The summed E-state index contributed by atoms with van der Waals surface area (Å²) >= 11 is 3.23. The van der Waals surface area contributed by atoms with E-state index in [2.05, 4.69) is 21.2 Å². The van der Waals surface area contributed by atoms with Crippen LogP contribution in [-0.2, 0) is 0 Å². The van der Waals surface area contributed by atoms with Gasteiger partial charge in [-0.15, -0.1) is 12.4 Å². The second-order valence-electron chi connectivity index (χ2n) is 3.27. The number of amides is 1. The molecule has 0 aliphatic carbocycles. The molecule has 0 heterocycles. The number of carbonyl (C=O) groups excluding carboxylic acids is 1. The van der Waals surface area contributed by atoms with Crippen molar-refractivity contribution in [1.82, 2.24) is 5.32 Å². The lowest BCUT2D eigenvalue weighted by Gasteiger charge is -2.12. The van der Waals surface area contributed by atoms with Crippen molar-refractivity contribution >= 4 is 34.2 Å². The molecule has 0 saturated carbocycles. The topological polar surface area (TPSA) is 75.3 Å². The molecule has 1 aromatic carbocycles. The molecule has 1 aromatic rings. The Hall–Kier alpha value is -0.780. The van der Waals surface area contributed by atoms with Gasteiger partial charge in [0.15, 0.2) is 0 Å². The molecular formula is C10H14BrClN2O2. The van der Waals surface area contributed by atoms with Crippen LogP contribution in [0.5, 0.6) is 5.75 Å². The van der Waals surface area contributed by atoms with Gasteiger partial charge >= 0.3 is 0 Å². The highest BCUT2D eigenvalue weighted by Gasteiger charge is 2.13. The van der Waals surface area contributed by atoms with Crippen LogP contribution in [-0.4, -0.2) is 23.6 Å². The van der Waals surface area contributed by atoms with Gasteiger partial charge < -0.3 is 16.2 Å². The van der Waals surface area contributed by atoms with E-state index >= 15 is 0 Å². The number of nitrogens with one attached hydrogen (secondary N) is 1. The van der Waals surface area contributed by atoms with Crippen LogP contribution < -0.4 is 11.1 Å². The van der Waals surface area contributed by atoms with Crippen LogP contribution in [0.2, 0.25) is 0 Å². The van der Waals surface area contributed by atoms with Crippen molar-refractivity contribution in [2.24, 2.45) is 5.73 Å². The molecule has 0 saturated heterocycles. The summed E-state index contributed by atoms with van der Waals surface area (Å²) < 4.78 is 0.742. The minimum absolute atomic E-state index is 0. The van der Waals surface area contributed by atoms with Crippen LogP contribution in [0.3, 0.4) is 0 Å². The van der Waals surface area contributed by atoms with Crippen LogP contribution in [0.1, 0.15) is 17.3 Å². The van der Waals surface area contributed by atoms with Gasteiger partial charge in [0.05, 0.1) is 5.56 Å². The van der Waals surface area contributed by atoms with Gasteiger partial charge in [-0.05, 0) is 25.1 Å². The molecule has 4 nitrogen and oxygen atoms in total. The lowest BCUT2D eigenvalue weighted by atomic mass is 10.2. The van der Waals surface area contributed by atoms with E-state index in [0.29, 0.717) is 6.54 Å². The number of phenolic OH excluding ortho intramolecular Hbond substituents is 1. The third-order valence-electron chi connectivity index (χ3n) is 1.93. The van der Waals surface area contributed by atoms with Gasteiger partial charge in [-0.3, -0.25) is 4.79 Å². The van der Waals surface area contributed by atoms with Crippen LogP contribution in [0.15, 0.2) is 22.7 Å². The van der Waals surface area contributed by atoms with E-state index in [9.17, 15) is 9.90 Å². The fraction of sp³-hybridized carbons (Fsp3) is 0.300. The number of benzene rings is 1. The van der Waals surface area contributed by atoms with E-state index in [1.54, 1.807) is 19.1 Å². The number of hydrogen-bond donors (Lipinski definition) is 3. The molecule has 0 aromatic heterocycles. The molecular weight excluding hydrogens is 295 g/mol. The lowest BCUT2D eigenvalue weighted by Crippen LogP contribution is -2.37. The minimum atomic E-state index is -0.327. The Balaban J connectivity index is 0.00000225. The normalized spacial score (nSPS) is 11.4. The monoisotopic (exact) mass is 308 g/mol. The number of carbonyl (C=O) groups is 1. The van der Waals surface area contributed by atoms with Crippen molar-refractivity contribution in [1.29, 1.82) is 0 Å². The molecule has 4 N–H and O–H groups in total. The third-order valence-corrected chi connectivity index (χ3v) is 2.43. The maximum Gasteiger partial charge on any atom is 0.255 e. The Morgan fingerprint density at radius 1 is 1.62 bits per heavy atom. The number of aromatic hydroxyl groups is 1. The molecule has 0 bridgehead atoms. The van der Waals surface area contributed by atoms with Crippen molar-refractivity contribution in [2.45, 2.75) is 13.0 Å². The summed E-state index contributed by atoms with van der Waals surface area (Å²) in [6, 6.07) is 4.58. The van der Waals surface area contributed by atoms with Gasteiger partial charge in [0.2, 0.25) is 0 Å². The summed E-state index contributed by atoms with van der Waals surface area (Å²) in [6.07, 6.45) is 0. The van der Waals surface area contributed by atoms with E-state index in [1.807, 2.05) is 0 Å². The summed E-state index contributed by atoms with van der Waals surface area (Å²) in [5.74, 6) is -0.369.